The molecule has 0 bridgehead atoms. The van der Waals surface area contributed by atoms with E-state index in [9.17, 15) is 14.4 Å². The van der Waals surface area contributed by atoms with Gasteiger partial charge in [0.2, 0.25) is 5.75 Å². The van der Waals surface area contributed by atoms with E-state index in [1.807, 2.05) is 0 Å². The third-order valence-corrected chi connectivity index (χ3v) is 3.00. The van der Waals surface area contributed by atoms with Gasteiger partial charge >= 0.3 is 5.97 Å². The molecule has 1 aromatic rings. The summed E-state index contributed by atoms with van der Waals surface area (Å²) in [6.07, 6.45) is 0.0632. The zero-order chi connectivity index (χ0) is 18.8. The number of benzene rings is 1. The van der Waals surface area contributed by atoms with Crippen LogP contribution in [0.4, 0.5) is 0 Å². The number of nitrogens with one attached hydrogen (secondary N) is 1. The molecule has 0 radical (unpaired) electrons. The molecule has 0 saturated carbocycles. The van der Waals surface area contributed by atoms with E-state index in [2.05, 4.69) is 5.32 Å². The molecular formula is C16H22N2O7. The van der Waals surface area contributed by atoms with E-state index in [0.717, 1.165) is 0 Å². The minimum Gasteiger partial charge on any atom is -0.493 e. The molecule has 0 saturated heterocycles. The smallest absolute Gasteiger partial charge is 0.307 e. The molecule has 0 aliphatic heterocycles. The number of hydrogen-bond acceptors (Lipinski definition) is 7. The van der Waals surface area contributed by atoms with E-state index in [1.54, 1.807) is 6.92 Å². The van der Waals surface area contributed by atoms with Crippen LogP contribution in [0.1, 0.15) is 23.7 Å². The Morgan fingerprint density at radius 1 is 1.12 bits per heavy atom. The number of hydrogen-bond donors (Lipinski definition) is 2. The van der Waals surface area contributed by atoms with Gasteiger partial charge in [-0.2, -0.15) is 0 Å². The van der Waals surface area contributed by atoms with Crippen molar-refractivity contribution in [2.45, 2.75) is 13.3 Å². The van der Waals surface area contributed by atoms with Crippen LogP contribution in [0.3, 0.4) is 0 Å². The van der Waals surface area contributed by atoms with Gasteiger partial charge in [-0.3, -0.25) is 14.4 Å². The number of amides is 2. The quantitative estimate of drug-likeness (QED) is 0.577. The highest BCUT2D eigenvalue weighted by Gasteiger charge is 2.18. The first kappa shape index (κ1) is 20.1. The van der Waals surface area contributed by atoms with Crippen LogP contribution in [0.5, 0.6) is 17.2 Å². The largest absolute Gasteiger partial charge is 0.493 e. The fourth-order valence-corrected chi connectivity index (χ4v) is 1.91. The predicted octanol–water partition coefficient (Wildman–Crippen LogP) is 0.251. The first-order valence-electron chi connectivity index (χ1n) is 7.53. The molecule has 0 spiro atoms. The minimum atomic E-state index is -0.662. The van der Waals surface area contributed by atoms with Crippen LogP contribution in [0.15, 0.2) is 12.1 Å². The van der Waals surface area contributed by atoms with Gasteiger partial charge in [0.05, 0.1) is 27.2 Å². The minimum absolute atomic E-state index is 0.0632. The Morgan fingerprint density at radius 3 is 2.20 bits per heavy atom. The Morgan fingerprint density at radius 2 is 1.72 bits per heavy atom. The van der Waals surface area contributed by atoms with Crippen molar-refractivity contribution in [1.29, 1.82) is 0 Å². The van der Waals surface area contributed by atoms with Gasteiger partial charge in [0, 0.05) is 12.1 Å². The van der Waals surface area contributed by atoms with E-state index in [1.165, 1.54) is 26.4 Å². The number of carbonyl (C=O) groups is 3. The van der Waals surface area contributed by atoms with Crippen molar-refractivity contribution < 1.29 is 33.3 Å². The summed E-state index contributed by atoms with van der Waals surface area (Å²) in [5.41, 5.74) is 5.29. The number of esters is 1. The Labute approximate surface area is 145 Å². The second kappa shape index (κ2) is 10.0. The average Bonchev–Trinajstić information content (AvgIpc) is 2.59. The monoisotopic (exact) mass is 354 g/mol. The highest BCUT2D eigenvalue weighted by Crippen LogP contribution is 2.38. The number of carbonyl (C=O) groups excluding carboxylic acids is 3. The third kappa shape index (κ3) is 6.21. The Hall–Kier alpha value is -2.97. The summed E-state index contributed by atoms with van der Waals surface area (Å²) >= 11 is 0. The molecule has 3 N–H and O–H groups in total. The number of ether oxygens (including phenoxy) is 4. The van der Waals surface area contributed by atoms with Crippen LogP contribution in [0.25, 0.3) is 0 Å². The van der Waals surface area contributed by atoms with Crippen molar-refractivity contribution in [2.24, 2.45) is 5.73 Å². The fraction of sp³-hybridized carbons (Fsp3) is 0.438. The zero-order valence-corrected chi connectivity index (χ0v) is 14.4. The summed E-state index contributed by atoms with van der Waals surface area (Å²) in [6, 6.07) is 2.86. The van der Waals surface area contributed by atoms with Gasteiger partial charge in [0.25, 0.3) is 11.8 Å². The standard InChI is InChI=1S/C16H22N2O7/c1-4-24-14(20)5-6-18-16(21)10-7-11(22-2)15(12(8-10)23-3)25-9-13(17)19/h7-8H,4-6,9H2,1-3H3,(H2,17,19)(H,18,21). The maximum Gasteiger partial charge on any atom is 0.307 e. The van der Waals surface area contributed by atoms with Crippen LogP contribution < -0.4 is 25.3 Å². The maximum absolute atomic E-state index is 12.2. The molecule has 138 valence electrons. The molecule has 2 amide bonds. The van der Waals surface area contributed by atoms with Gasteiger partial charge in [-0.25, -0.2) is 0 Å². The number of primary amides is 1. The van der Waals surface area contributed by atoms with Gasteiger partial charge in [-0.05, 0) is 19.1 Å². The van der Waals surface area contributed by atoms with Crippen molar-refractivity contribution >= 4 is 17.8 Å². The second-order valence-electron chi connectivity index (χ2n) is 4.78. The van der Waals surface area contributed by atoms with Gasteiger partial charge in [0.1, 0.15) is 0 Å². The summed E-state index contributed by atoms with van der Waals surface area (Å²) in [5, 5.41) is 2.59. The summed E-state index contributed by atoms with van der Waals surface area (Å²) in [4.78, 5) is 34.4. The van der Waals surface area contributed by atoms with E-state index in [0.29, 0.717) is 0 Å². The Balaban J connectivity index is 2.87. The molecule has 1 aromatic carbocycles. The number of rotatable bonds is 10. The van der Waals surface area contributed by atoms with Gasteiger partial charge in [-0.15, -0.1) is 0 Å². The van der Waals surface area contributed by atoms with Gasteiger partial charge in [0.15, 0.2) is 18.1 Å². The summed E-state index contributed by atoms with van der Waals surface area (Å²) < 4.78 is 20.4. The molecule has 0 aromatic heterocycles. The summed E-state index contributed by atoms with van der Waals surface area (Å²) in [7, 11) is 2.77. The van der Waals surface area contributed by atoms with E-state index < -0.39 is 17.8 Å². The number of methoxy groups -OCH3 is 2. The molecule has 9 heteroatoms. The molecule has 1 rings (SSSR count). The van der Waals surface area contributed by atoms with Crippen LogP contribution in [-0.2, 0) is 14.3 Å². The molecule has 9 nitrogen and oxygen atoms in total. The molecular weight excluding hydrogens is 332 g/mol. The van der Waals surface area contributed by atoms with Crippen molar-refractivity contribution in [3.8, 4) is 17.2 Å². The first-order valence-corrected chi connectivity index (χ1v) is 7.53. The van der Waals surface area contributed by atoms with Crippen molar-refractivity contribution in [3.63, 3.8) is 0 Å². The molecule has 0 heterocycles. The Kier molecular flexibility index (Phi) is 8.04. The lowest BCUT2D eigenvalue weighted by atomic mass is 10.1. The molecule has 0 aliphatic rings. The van der Waals surface area contributed by atoms with Crippen LogP contribution >= 0.6 is 0 Å². The number of nitrogens with two attached hydrogens (primary N) is 1. The van der Waals surface area contributed by atoms with Crippen molar-refractivity contribution in [2.75, 3.05) is 34.0 Å². The second-order valence-corrected chi connectivity index (χ2v) is 4.78. The third-order valence-electron chi connectivity index (χ3n) is 3.00. The Bertz CT molecular complexity index is 606. The zero-order valence-electron chi connectivity index (χ0n) is 14.4. The first-order chi connectivity index (χ1) is 11.9. The lowest BCUT2D eigenvalue weighted by Gasteiger charge is -2.15. The van der Waals surface area contributed by atoms with Crippen molar-refractivity contribution in [3.05, 3.63) is 17.7 Å². The maximum atomic E-state index is 12.2. The summed E-state index contributed by atoms with van der Waals surface area (Å²) in [6.45, 7) is 1.75. The van der Waals surface area contributed by atoms with Crippen molar-refractivity contribution in [1.82, 2.24) is 5.32 Å². The van der Waals surface area contributed by atoms with Crippen LogP contribution in [0, 0.1) is 0 Å². The predicted molar refractivity (Wildman–Crippen MR) is 87.8 cm³/mol. The highest BCUT2D eigenvalue weighted by molar-refractivity contribution is 5.95. The van der Waals surface area contributed by atoms with E-state index in [4.69, 9.17) is 24.7 Å². The van der Waals surface area contributed by atoms with Gasteiger partial charge in [-0.1, -0.05) is 0 Å². The normalized spacial score (nSPS) is 9.88. The fourth-order valence-electron chi connectivity index (χ4n) is 1.91. The average molecular weight is 354 g/mol. The molecule has 0 unspecified atom stereocenters. The summed E-state index contributed by atoms with van der Waals surface area (Å²) in [5.74, 6) is -0.917. The van der Waals surface area contributed by atoms with Crippen LogP contribution in [0.2, 0.25) is 0 Å². The molecule has 0 atom stereocenters. The van der Waals surface area contributed by atoms with Crippen LogP contribution in [-0.4, -0.2) is 51.8 Å². The lowest BCUT2D eigenvalue weighted by molar-refractivity contribution is -0.142. The lowest BCUT2D eigenvalue weighted by Crippen LogP contribution is -2.26. The molecule has 0 aliphatic carbocycles. The molecule has 25 heavy (non-hydrogen) atoms. The van der Waals surface area contributed by atoms with E-state index in [-0.39, 0.29) is 49.0 Å². The SMILES string of the molecule is CCOC(=O)CCNC(=O)c1cc(OC)c(OCC(N)=O)c(OC)c1. The van der Waals surface area contributed by atoms with Gasteiger partial charge < -0.3 is 30.0 Å². The highest BCUT2D eigenvalue weighted by atomic mass is 16.5. The molecule has 0 fully saturated rings. The van der Waals surface area contributed by atoms with E-state index >= 15 is 0 Å². The topological polar surface area (TPSA) is 126 Å².